The number of pyridine rings is 1. The predicted molar refractivity (Wildman–Crippen MR) is 101 cm³/mol. The molecule has 0 amide bonds. The Hall–Kier alpha value is -3.20. The fourth-order valence-corrected chi connectivity index (χ4v) is 4.91. The summed E-state index contributed by atoms with van der Waals surface area (Å²) in [5.41, 5.74) is 1.56. The van der Waals surface area contributed by atoms with E-state index in [-0.39, 0.29) is 28.5 Å². The summed E-state index contributed by atoms with van der Waals surface area (Å²) in [6, 6.07) is 9.57. The number of aryl methyl sites for hydroxylation is 1. The van der Waals surface area contributed by atoms with Crippen molar-refractivity contribution in [3.05, 3.63) is 64.2 Å². The summed E-state index contributed by atoms with van der Waals surface area (Å²) < 4.78 is 33.5. The molecule has 0 N–H and O–H groups in total. The van der Waals surface area contributed by atoms with Crippen LogP contribution in [0.15, 0.2) is 52.3 Å². The molecule has 28 heavy (non-hydrogen) atoms. The first-order valence-corrected chi connectivity index (χ1v) is 10.3. The zero-order chi connectivity index (χ0) is 20.1. The summed E-state index contributed by atoms with van der Waals surface area (Å²) in [7, 11) is -2.02. The van der Waals surface area contributed by atoms with Crippen molar-refractivity contribution in [2.24, 2.45) is 7.05 Å². The number of rotatable bonds is 3. The van der Waals surface area contributed by atoms with Gasteiger partial charge in [0.25, 0.3) is 0 Å². The lowest BCUT2D eigenvalue weighted by Gasteiger charge is -2.19. The summed E-state index contributed by atoms with van der Waals surface area (Å²) in [5.74, 6) is -1.03. The fraction of sp³-hybridized carbons (Fsp3) is 0.211. The number of hydrogen-bond acceptors (Lipinski definition) is 6. The van der Waals surface area contributed by atoms with Crippen molar-refractivity contribution in [3.63, 3.8) is 0 Å². The highest BCUT2D eigenvalue weighted by molar-refractivity contribution is 7.90. The molecule has 3 aromatic rings. The first-order valence-electron chi connectivity index (χ1n) is 8.61. The van der Waals surface area contributed by atoms with E-state index >= 15 is 0 Å². The maximum atomic E-state index is 12.8. The van der Waals surface area contributed by atoms with Crippen LogP contribution in [0, 0.1) is 0 Å². The van der Waals surface area contributed by atoms with Crippen LogP contribution in [0.4, 0.5) is 0 Å². The molecule has 0 fully saturated rings. The molecule has 0 saturated heterocycles. The average Bonchev–Trinajstić information content (AvgIpc) is 3.03. The topological polar surface area (TPSA) is 100 Å². The minimum absolute atomic E-state index is 0.0382. The third-order valence-electron chi connectivity index (χ3n) is 4.58. The highest BCUT2D eigenvalue weighted by Crippen LogP contribution is 2.40. The van der Waals surface area contributed by atoms with Crippen LogP contribution in [-0.4, -0.2) is 35.3 Å². The van der Waals surface area contributed by atoms with E-state index in [0.717, 1.165) is 0 Å². The van der Waals surface area contributed by atoms with E-state index in [4.69, 9.17) is 4.74 Å². The molecular formula is C19H17N3O5S. The summed E-state index contributed by atoms with van der Waals surface area (Å²) in [6.45, 7) is 1.81. The molecule has 0 atom stereocenters. The first kappa shape index (κ1) is 18.2. The van der Waals surface area contributed by atoms with Crippen LogP contribution in [0.1, 0.15) is 23.0 Å². The Morgan fingerprint density at radius 2 is 1.96 bits per heavy atom. The minimum atomic E-state index is -3.63. The van der Waals surface area contributed by atoms with Crippen LogP contribution in [0.25, 0.3) is 16.9 Å². The Morgan fingerprint density at radius 1 is 1.21 bits per heavy atom. The highest BCUT2D eigenvalue weighted by atomic mass is 32.2. The second-order valence-corrected chi connectivity index (χ2v) is 8.36. The number of nitrogens with zero attached hydrogens (tertiary/aromatic N) is 3. The third kappa shape index (κ3) is 2.75. The van der Waals surface area contributed by atoms with E-state index in [9.17, 15) is 18.0 Å². The molecule has 8 nitrogen and oxygen atoms in total. The summed E-state index contributed by atoms with van der Waals surface area (Å²) in [6.07, 6.45) is 1.58. The maximum absolute atomic E-state index is 12.8. The van der Waals surface area contributed by atoms with E-state index in [0.29, 0.717) is 22.5 Å². The Balaban J connectivity index is 2.06. The molecule has 4 rings (SSSR count). The Kier molecular flexibility index (Phi) is 4.19. The number of aromatic nitrogens is 3. The lowest BCUT2D eigenvalue weighted by atomic mass is 10.1. The fourth-order valence-electron chi connectivity index (χ4n) is 3.32. The van der Waals surface area contributed by atoms with Gasteiger partial charge in [-0.05, 0) is 19.1 Å². The van der Waals surface area contributed by atoms with Crippen molar-refractivity contribution in [2.45, 2.75) is 17.6 Å². The molecule has 9 heteroatoms. The molecule has 1 aromatic carbocycles. The number of fused-ring (bicyclic) bond motifs is 3. The molecule has 0 radical (unpaired) electrons. The molecule has 0 saturated carbocycles. The number of esters is 1. The van der Waals surface area contributed by atoms with Gasteiger partial charge in [0.05, 0.1) is 28.6 Å². The van der Waals surface area contributed by atoms with Gasteiger partial charge in [-0.15, -0.1) is 0 Å². The average molecular weight is 399 g/mol. The number of hydrogen-bond donors (Lipinski definition) is 0. The lowest BCUT2D eigenvalue weighted by Crippen LogP contribution is -2.17. The monoisotopic (exact) mass is 399 g/mol. The van der Waals surface area contributed by atoms with Crippen molar-refractivity contribution < 1.29 is 17.9 Å². The quantitative estimate of drug-likeness (QED) is 0.622. The molecule has 3 heterocycles. The molecule has 1 aliphatic rings. The molecule has 0 aliphatic carbocycles. The van der Waals surface area contributed by atoms with Gasteiger partial charge in [0.2, 0.25) is 5.56 Å². The molecule has 1 aliphatic heterocycles. The van der Waals surface area contributed by atoms with E-state index < -0.39 is 15.8 Å². The smallest absolute Gasteiger partial charge is 0.359 e. The summed E-state index contributed by atoms with van der Waals surface area (Å²) in [4.78, 5) is 24.4. The molecule has 0 unspecified atom stereocenters. The normalized spacial score (nSPS) is 14.2. The van der Waals surface area contributed by atoms with E-state index in [1.54, 1.807) is 44.4 Å². The Labute approximate surface area is 160 Å². The van der Waals surface area contributed by atoms with Gasteiger partial charge in [0.15, 0.2) is 15.5 Å². The largest absolute Gasteiger partial charge is 0.461 e. The zero-order valence-electron chi connectivity index (χ0n) is 15.2. The van der Waals surface area contributed by atoms with Gasteiger partial charge in [0, 0.05) is 30.4 Å². The Bertz CT molecular complexity index is 1270. The number of benzene rings is 1. The van der Waals surface area contributed by atoms with Crippen LogP contribution in [0.5, 0.6) is 0 Å². The van der Waals surface area contributed by atoms with Gasteiger partial charge in [-0.2, -0.15) is 5.10 Å². The van der Waals surface area contributed by atoms with E-state index in [2.05, 4.69) is 5.10 Å². The van der Waals surface area contributed by atoms with Crippen LogP contribution in [-0.2, 0) is 27.4 Å². The van der Waals surface area contributed by atoms with Gasteiger partial charge < -0.3 is 9.30 Å². The van der Waals surface area contributed by atoms with Gasteiger partial charge in [-0.3, -0.25) is 4.79 Å². The van der Waals surface area contributed by atoms with Gasteiger partial charge in [-0.25, -0.2) is 17.9 Å². The SMILES string of the molecule is CCOC(=O)c1nn(-c2ccc(=O)n(C)c2)c2c1CS(=O)(=O)c1ccccc1-2. The van der Waals surface area contributed by atoms with E-state index in [1.807, 2.05) is 0 Å². The zero-order valence-corrected chi connectivity index (χ0v) is 16.1. The lowest BCUT2D eigenvalue weighted by molar-refractivity contribution is 0.0518. The van der Waals surface area contributed by atoms with Gasteiger partial charge >= 0.3 is 5.97 Å². The van der Waals surface area contributed by atoms with Crippen molar-refractivity contribution >= 4 is 15.8 Å². The second kappa shape index (κ2) is 6.45. The molecule has 2 aromatic heterocycles. The van der Waals surface area contributed by atoms with Crippen LogP contribution in [0.2, 0.25) is 0 Å². The van der Waals surface area contributed by atoms with Crippen LogP contribution in [0.3, 0.4) is 0 Å². The maximum Gasteiger partial charge on any atom is 0.359 e. The molecular weight excluding hydrogens is 382 g/mol. The van der Waals surface area contributed by atoms with Crippen molar-refractivity contribution in [3.8, 4) is 16.9 Å². The standard InChI is InChI=1S/C19H17N3O5S/c1-3-27-19(24)17-14-11-28(25,26)15-7-5-4-6-13(15)18(14)22(20-17)12-8-9-16(23)21(2)10-12/h4-10H,3,11H2,1-2H3. The van der Waals surface area contributed by atoms with Crippen molar-refractivity contribution in [1.29, 1.82) is 0 Å². The number of ether oxygens (including phenoxy) is 1. The number of carbonyl (C=O) groups excluding carboxylic acids is 1. The first-order chi connectivity index (χ1) is 13.3. The second-order valence-electron chi connectivity index (χ2n) is 6.40. The Morgan fingerprint density at radius 3 is 2.68 bits per heavy atom. The highest BCUT2D eigenvalue weighted by Gasteiger charge is 2.36. The predicted octanol–water partition coefficient (Wildman–Crippen LogP) is 1.70. The third-order valence-corrected chi connectivity index (χ3v) is 6.27. The minimum Gasteiger partial charge on any atom is -0.461 e. The summed E-state index contributed by atoms with van der Waals surface area (Å²) in [5, 5.41) is 4.38. The van der Waals surface area contributed by atoms with Gasteiger partial charge in [0.1, 0.15) is 0 Å². The molecule has 144 valence electrons. The van der Waals surface area contributed by atoms with Crippen molar-refractivity contribution in [1.82, 2.24) is 14.3 Å². The molecule has 0 bridgehead atoms. The van der Waals surface area contributed by atoms with Crippen molar-refractivity contribution in [2.75, 3.05) is 6.61 Å². The van der Waals surface area contributed by atoms with Gasteiger partial charge in [-0.1, -0.05) is 18.2 Å². The van der Waals surface area contributed by atoms with Crippen LogP contribution >= 0.6 is 0 Å². The molecule has 0 spiro atoms. The van der Waals surface area contributed by atoms with E-state index in [1.165, 1.54) is 21.4 Å². The summed E-state index contributed by atoms with van der Waals surface area (Å²) >= 11 is 0. The number of sulfone groups is 1. The number of carbonyl (C=O) groups is 1. The van der Waals surface area contributed by atoms with Crippen LogP contribution < -0.4 is 5.56 Å².